The summed E-state index contributed by atoms with van der Waals surface area (Å²) in [6.07, 6.45) is 8.70. The van der Waals surface area contributed by atoms with Gasteiger partial charge in [-0.1, -0.05) is 37.3 Å². The first kappa shape index (κ1) is 21.2. The Labute approximate surface area is 191 Å². The summed E-state index contributed by atoms with van der Waals surface area (Å²) < 4.78 is 1.38. The van der Waals surface area contributed by atoms with Gasteiger partial charge in [-0.2, -0.15) is 5.10 Å². The van der Waals surface area contributed by atoms with E-state index >= 15 is 0 Å². The van der Waals surface area contributed by atoms with Crippen molar-refractivity contribution in [2.24, 2.45) is 5.92 Å². The lowest BCUT2D eigenvalue weighted by atomic mass is 9.88. The van der Waals surface area contributed by atoms with Gasteiger partial charge in [0, 0.05) is 37.1 Å². The fourth-order valence-corrected chi connectivity index (χ4v) is 4.78. The van der Waals surface area contributed by atoms with Gasteiger partial charge < -0.3 is 15.2 Å². The van der Waals surface area contributed by atoms with E-state index in [4.69, 9.17) is 0 Å². The SMILES string of the molecule is CC1CC=C(C(=O)N2CCc3ccccc3C2CNC(=O)c2cc3c(=O)[nH]ccn3n2)CC1. The Morgan fingerprint density at radius 2 is 2.09 bits per heavy atom. The first-order valence-corrected chi connectivity index (χ1v) is 11.4. The first-order valence-electron chi connectivity index (χ1n) is 11.4. The Morgan fingerprint density at radius 1 is 1.24 bits per heavy atom. The van der Waals surface area contributed by atoms with E-state index in [9.17, 15) is 14.4 Å². The number of amides is 2. The maximum atomic E-state index is 13.4. The summed E-state index contributed by atoms with van der Waals surface area (Å²) in [5.41, 5.74) is 3.30. The number of carbonyl (C=O) groups excluding carboxylic acids is 2. The Balaban J connectivity index is 1.39. The number of carbonyl (C=O) groups is 2. The molecule has 3 heterocycles. The molecule has 170 valence electrons. The minimum atomic E-state index is -0.376. The fourth-order valence-electron chi connectivity index (χ4n) is 4.78. The van der Waals surface area contributed by atoms with Crippen molar-refractivity contribution in [1.82, 2.24) is 24.8 Å². The predicted octanol–water partition coefficient (Wildman–Crippen LogP) is 2.62. The van der Waals surface area contributed by atoms with Crippen LogP contribution in [0.4, 0.5) is 0 Å². The minimum absolute atomic E-state index is 0.0647. The Kier molecular flexibility index (Phi) is 5.58. The van der Waals surface area contributed by atoms with Crippen molar-refractivity contribution in [3.05, 3.63) is 81.5 Å². The number of nitrogens with zero attached hydrogens (tertiary/aromatic N) is 3. The van der Waals surface area contributed by atoms with E-state index in [1.54, 1.807) is 6.20 Å². The highest BCUT2D eigenvalue weighted by Crippen LogP contribution is 2.32. The molecule has 2 aromatic heterocycles. The van der Waals surface area contributed by atoms with Crippen LogP contribution >= 0.6 is 0 Å². The number of H-pyrrole nitrogens is 1. The molecule has 1 aliphatic heterocycles. The highest BCUT2D eigenvalue weighted by atomic mass is 16.2. The summed E-state index contributed by atoms with van der Waals surface area (Å²) in [7, 11) is 0. The van der Waals surface area contributed by atoms with Gasteiger partial charge in [0.05, 0.1) is 6.04 Å². The molecular weight excluding hydrogens is 418 g/mol. The minimum Gasteiger partial charge on any atom is -0.348 e. The maximum absolute atomic E-state index is 13.4. The van der Waals surface area contributed by atoms with Crippen molar-refractivity contribution >= 4 is 17.3 Å². The average molecular weight is 446 g/mol. The molecular formula is C25H27N5O3. The Morgan fingerprint density at radius 3 is 2.88 bits per heavy atom. The van der Waals surface area contributed by atoms with E-state index in [1.807, 2.05) is 23.1 Å². The van der Waals surface area contributed by atoms with Crippen molar-refractivity contribution in [2.75, 3.05) is 13.1 Å². The second-order valence-corrected chi connectivity index (χ2v) is 8.93. The molecule has 0 saturated heterocycles. The topological polar surface area (TPSA) is 99.6 Å². The maximum Gasteiger partial charge on any atom is 0.273 e. The zero-order valence-corrected chi connectivity index (χ0v) is 18.6. The predicted molar refractivity (Wildman–Crippen MR) is 124 cm³/mol. The smallest absolute Gasteiger partial charge is 0.273 e. The number of fused-ring (bicyclic) bond motifs is 2. The van der Waals surface area contributed by atoms with Gasteiger partial charge in [0.1, 0.15) is 5.52 Å². The van der Waals surface area contributed by atoms with Gasteiger partial charge in [0.25, 0.3) is 11.5 Å². The van der Waals surface area contributed by atoms with Crippen LogP contribution in [0.2, 0.25) is 0 Å². The van der Waals surface area contributed by atoms with Crippen LogP contribution in [0.1, 0.15) is 53.8 Å². The molecule has 2 amide bonds. The van der Waals surface area contributed by atoms with E-state index in [-0.39, 0.29) is 35.7 Å². The van der Waals surface area contributed by atoms with Crippen molar-refractivity contribution in [1.29, 1.82) is 0 Å². The molecule has 3 aromatic rings. The molecule has 8 nitrogen and oxygen atoms in total. The van der Waals surface area contributed by atoms with Crippen molar-refractivity contribution in [2.45, 2.75) is 38.6 Å². The van der Waals surface area contributed by atoms with Crippen LogP contribution in [0, 0.1) is 5.92 Å². The molecule has 0 spiro atoms. The Hall–Kier alpha value is -3.68. The molecule has 0 radical (unpaired) electrons. The van der Waals surface area contributed by atoms with E-state index in [0.717, 1.165) is 36.8 Å². The largest absolute Gasteiger partial charge is 0.348 e. The summed E-state index contributed by atoms with van der Waals surface area (Å²) in [4.78, 5) is 42.7. The summed E-state index contributed by atoms with van der Waals surface area (Å²) in [6, 6.07) is 9.31. The zero-order chi connectivity index (χ0) is 22.9. The monoisotopic (exact) mass is 445 g/mol. The molecule has 1 aromatic carbocycles. The van der Waals surface area contributed by atoms with Crippen LogP contribution in [0.5, 0.6) is 0 Å². The van der Waals surface area contributed by atoms with Crippen LogP contribution in [0.25, 0.3) is 5.52 Å². The number of rotatable bonds is 4. The third-order valence-electron chi connectivity index (χ3n) is 6.71. The van der Waals surface area contributed by atoms with Gasteiger partial charge >= 0.3 is 0 Å². The third-order valence-corrected chi connectivity index (χ3v) is 6.71. The number of hydrogen-bond donors (Lipinski definition) is 2. The number of benzene rings is 1. The second-order valence-electron chi connectivity index (χ2n) is 8.93. The number of nitrogens with one attached hydrogen (secondary N) is 2. The summed E-state index contributed by atoms with van der Waals surface area (Å²) >= 11 is 0. The van der Waals surface area contributed by atoms with E-state index < -0.39 is 0 Å². The second kappa shape index (κ2) is 8.69. The molecule has 33 heavy (non-hydrogen) atoms. The van der Waals surface area contributed by atoms with Crippen molar-refractivity contribution in [3.8, 4) is 0 Å². The van der Waals surface area contributed by atoms with Crippen LogP contribution in [0.15, 0.2) is 59.2 Å². The molecule has 1 aliphatic carbocycles. The van der Waals surface area contributed by atoms with Crippen molar-refractivity contribution < 1.29 is 9.59 Å². The average Bonchev–Trinajstić information content (AvgIpc) is 3.28. The van der Waals surface area contributed by atoms with Crippen LogP contribution in [-0.2, 0) is 11.2 Å². The summed E-state index contributed by atoms with van der Waals surface area (Å²) in [5.74, 6) is 0.297. The quantitative estimate of drug-likeness (QED) is 0.645. The number of hydrogen-bond acceptors (Lipinski definition) is 4. The molecule has 2 atom stereocenters. The van der Waals surface area contributed by atoms with Crippen molar-refractivity contribution in [3.63, 3.8) is 0 Å². The van der Waals surface area contributed by atoms with Crippen LogP contribution in [0.3, 0.4) is 0 Å². The zero-order valence-electron chi connectivity index (χ0n) is 18.6. The highest BCUT2D eigenvalue weighted by Gasteiger charge is 2.33. The number of allylic oxidation sites excluding steroid dienone is 1. The van der Waals surface area contributed by atoms with Gasteiger partial charge in [-0.05, 0) is 42.7 Å². The molecule has 5 rings (SSSR count). The lowest BCUT2D eigenvalue weighted by Crippen LogP contribution is -2.46. The number of aromatic nitrogens is 3. The normalized spacial score (nSPS) is 20.3. The van der Waals surface area contributed by atoms with Gasteiger partial charge in [0.15, 0.2) is 5.69 Å². The molecule has 8 heteroatoms. The van der Waals surface area contributed by atoms with Gasteiger partial charge in [-0.25, -0.2) is 4.52 Å². The molecule has 0 bridgehead atoms. The fraction of sp³-hybridized carbons (Fsp3) is 0.360. The molecule has 2 aliphatic rings. The van der Waals surface area contributed by atoms with Gasteiger partial charge in [-0.3, -0.25) is 14.4 Å². The van der Waals surface area contributed by atoms with Crippen LogP contribution < -0.4 is 10.9 Å². The molecule has 0 saturated carbocycles. The van der Waals surface area contributed by atoms with E-state index in [1.165, 1.54) is 22.3 Å². The van der Waals surface area contributed by atoms with Gasteiger partial charge in [-0.15, -0.1) is 0 Å². The molecule has 2 N–H and O–H groups in total. The highest BCUT2D eigenvalue weighted by molar-refractivity contribution is 5.95. The standard InChI is InChI=1S/C25H27N5O3/c1-16-6-8-18(9-7-16)25(33)29-12-10-17-4-2-3-5-19(17)22(29)15-27-23(31)20-14-21-24(32)26-11-13-30(21)28-20/h2-5,8,11,13-14,16,22H,6-7,9-10,12,15H2,1H3,(H,26,32)(H,27,31). The summed E-state index contributed by atoms with van der Waals surface area (Å²) in [5, 5.41) is 7.16. The first-order chi connectivity index (χ1) is 16.0. The third kappa shape index (κ3) is 4.08. The van der Waals surface area contributed by atoms with Crippen LogP contribution in [-0.4, -0.2) is 44.4 Å². The van der Waals surface area contributed by atoms with Gasteiger partial charge in [0.2, 0.25) is 5.91 Å². The van der Waals surface area contributed by atoms with E-state index in [2.05, 4.69) is 34.5 Å². The lowest BCUT2D eigenvalue weighted by molar-refractivity contribution is -0.130. The molecule has 2 unspecified atom stereocenters. The number of aromatic amines is 1. The molecule has 0 fully saturated rings. The Bertz CT molecular complexity index is 1300. The summed E-state index contributed by atoms with van der Waals surface area (Å²) in [6.45, 7) is 3.10. The van der Waals surface area contributed by atoms with E-state index in [0.29, 0.717) is 18.0 Å². The lowest BCUT2D eigenvalue weighted by Gasteiger charge is -2.38.